The van der Waals surface area contributed by atoms with Crippen molar-refractivity contribution in [2.45, 2.75) is 0 Å². The number of benzene rings is 1. The summed E-state index contributed by atoms with van der Waals surface area (Å²) in [6, 6.07) is 5.23. The van der Waals surface area contributed by atoms with Crippen LogP contribution in [0.25, 0.3) is 0 Å². The molecule has 0 saturated heterocycles. The standard InChI is InChI=1S/C10H7ClN4O3/c11-7-3-6(4-8(5-7)15(17)18)10(16)13-9-1-2-12-14-9/h1-5H,(H2,12,13,14,16). The molecule has 2 N–H and O–H groups in total. The predicted octanol–water partition coefficient (Wildman–Crippen LogP) is 2.22. The maximum Gasteiger partial charge on any atom is 0.271 e. The van der Waals surface area contributed by atoms with Crippen molar-refractivity contribution in [1.82, 2.24) is 10.2 Å². The molecule has 1 heterocycles. The van der Waals surface area contributed by atoms with Gasteiger partial charge in [-0.15, -0.1) is 0 Å². The number of hydrogen-bond acceptors (Lipinski definition) is 4. The zero-order chi connectivity index (χ0) is 13.1. The Balaban J connectivity index is 2.27. The first kappa shape index (κ1) is 12.1. The average Bonchev–Trinajstić information content (AvgIpc) is 2.80. The van der Waals surface area contributed by atoms with Crippen LogP contribution >= 0.6 is 11.6 Å². The Morgan fingerprint density at radius 2 is 2.22 bits per heavy atom. The van der Waals surface area contributed by atoms with E-state index in [0.29, 0.717) is 5.82 Å². The van der Waals surface area contributed by atoms with Crippen LogP contribution in [0.4, 0.5) is 11.5 Å². The van der Waals surface area contributed by atoms with Crippen LogP contribution in [-0.4, -0.2) is 21.0 Å². The first-order valence-electron chi connectivity index (χ1n) is 4.82. The minimum Gasteiger partial charge on any atom is -0.307 e. The molecule has 8 heteroatoms. The van der Waals surface area contributed by atoms with E-state index < -0.39 is 10.8 Å². The number of non-ortho nitro benzene ring substituents is 1. The van der Waals surface area contributed by atoms with Gasteiger partial charge in [-0.3, -0.25) is 20.0 Å². The minimum absolute atomic E-state index is 0.101. The summed E-state index contributed by atoms with van der Waals surface area (Å²) >= 11 is 5.72. The van der Waals surface area contributed by atoms with E-state index in [9.17, 15) is 14.9 Å². The molecule has 2 aromatic rings. The first-order chi connectivity index (χ1) is 8.56. The molecule has 1 aromatic heterocycles. The monoisotopic (exact) mass is 266 g/mol. The van der Waals surface area contributed by atoms with Crippen LogP contribution in [0.1, 0.15) is 10.4 Å². The second-order valence-corrected chi connectivity index (χ2v) is 3.82. The highest BCUT2D eigenvalue weighted by Crippen LogP contribution is 2.21. The van der Waals surface area contributed by atoms with Crippen molar-refractivity contribution < 1.29 is 9.72 Å². The van der Waals surface area contributed by atoms with Crippen LogP contribution in [0.15, 0.2) is 30.5 Å². The van der Waals surface area contributed by atoms with E-state index in [4.69, 9.17) is 11.6 Å². The van der Waals surface area contributed by atoms with Crippen molar-refractivity contribution in [3.63, 3.8) is 0 Å². The van der Waals surface area contributed by atoms with E-state index in [0.717, 1.165) is 6.07 Å². The van der Waals surface area contributed by atoms with Crippen LogP contribution in [0, 0.1) is 10.1 Å². The number of nitrogens with zero attached hydrogens (tertiary/aromatic N) is 2. The third kappa shape index (κ3) is 2.64. The second-order valence-electron chi connectivity index (χ2n) is 3.38. The van der Waals surface area contributed by atoms with Gasteiger partial charge in [0.2, 0.25) is 0 Å². The number of H-pyrrole nitrogens is 1. The zero-order valence-electron chi connectivity index (χ0n) is 8.88. The lowest BCUT2D eigenvalue weighted by Gasteiger charge is -2.03. The number of carbonyl (C=O) groups is 1. The molecular formula is C10H7ClN4O3. The number of aromatic amines is 1. The molecule has 1 aromatic carbocycles. The van der Waals surface area contributed by atoms with E-state index in [1.54, 1.807) is 6.07 Å². The van der Waals surface area contributed by atoms with Gasteiger partial charge in [-0.25, -0.2) is 0 Å². The van der Waals surface area contributed by atoms with E-state index in [-0.39, 0.29) is 16.3 Å². The zero-order valence-corrected chi connectivity index (χ0v) is 9.64. The lowest BCUT2D eigenvalue weighted by molar-refractivity contribution is -0.384. The minimum atomic E-state index is -0.612. The number of rotatable bonds is 3. The number of nitrogens with one attached hydrogen (secondary N) is 2. The molecule has 92 valence electrons. The third-order valence-electron chi connectivity index (χ3n) is 2.10. The molecule has 0 unspecified atom stereocenters. The summed E-state index contributed by atoms with van der Waals surface area (Å²) in [4.78, 5) is 21.8. The van der Waals surface area contributed by atoms with Gasteiger partial charge in [0.1, 0.15) is 5.82 Å². The fourth-order valence-electron chi connectivity index (χ4n) is 1.33. The van der Waals surface area contributed by atoms with Gasteiger partial charge in [-0.05, 0) is 6.07 Å². The van der Waals surface area contributed by atoms with E-state index in [1.165, 1.54) is 18.3 Å². The van der Waals surface area contributed by atoms with Crippen molar-refractivity contribution >= 4 is 29.0 Å². The van der Waals surface area contributed by atoms with Gasteiger partial charge < -0.3 is 5.32 Å². The molecule has 1 amide bonds. The van der Waals surface area contributed by atoms with Gasteiger partial charge in [0, 0.05) is 28.8 Å². The molecule has 0 radical (unpaired) electrons. The Labute approximate surface area is 106 Å². The highest BCUT2D eigenvalue weighted by atomic mass is 35.5. The molecule has 0 fully saturated rings. The summed E-state index contributed by atoms with van der Waals surface area (Å²) in [5.41, 5.74) is -0.138. The summed E-state index contributed by atoms with van der Waals surface area (Å²) in [7, 11) is 0. The van der Waals surface area contributed by atoms with Gasteiger partial charge in [0.25, 0.3) is 11.6 Å². The van der Waals surface area contributed by atoms with Gasteiger partial charge in [0.05, 0.1) is 11.1 Å². The normalized spacial score (nSPS) is 10.1. The number of amides is 1. The highest BCUT2D eigenvalue weighted by molar-refractivity contribution is 6.31. The Morgan fingerprint density at radius 3 is 2.83 bits per heavy atom. The Kier molecular flexibility index (Phi) is 3.24. The van der Waals surface area contributed by atoms with Gasteiger partial charge >= 0.3 is 0 Å². The molecule has 0 bridgehead atoms. The lowest BCUT2D eigenvalue weighted by atomic mass is 10.2. The summed E-state index contributed by atoms with van der Waals surface area (Å²) in [5.74, 6) is -0.118. The Morgan fingerprint density at radius 1 is 1.44 bits per heavy atom. The van der Waals surface area contributed by atoms with Crippen LogP contribution in [0.2, 0.25) is 5.02 Å². The van der Waals surface area contributed by atoms with Crippen LogP contribution in [0.5, 0.6) is 0 Å². The van der Waals surface area contributed by atoms with Crippen LogP contribution < -0.4 is 5.32 Å². The second kappa shape index (κ2) is 4.84. The molecule has 0 spiro atoms. The lowest BCUT2D eigenvalue weighted by Crippen LogP contribution is -2.12. The molecule has 0 aliphatic rings. The first-order valence-corrected chi connectivity index (χ1v) is 5.20. The Hall–Kier alpha value is -2.41. The molecule has 18 heavy (non-hydrogen) atoms. The number of nitro benzene ring substituents is 1. The molecular weight excluding hydrogens is 260 g/mol. The molecule has 0 saturated carbocycles. The number of halogens is 1. The van der Waals surface area contributed by atoms with Crippen LogP contribution in [0.3, 0.4) is 0 Å². The number of aromatic nitrogens is 2. The highest BCUT2D eigenvalue weighted by Gasteiger charge is 2.14. The van der Waals surface area contributed by atoms with Gasteiger partial charge in [0.15, 0.2) is 0 Å². The number of nitro groups is 1. The Bertz CT molecular complexity index is 597. The topological polar surface area (TPSA) is 101 Å². The van der Waals surface area contributed by atoms with Crippen molar-refractivity contribution in [3.05, 3.63) is 51.2 Å². The summed E-state index contributed by atoms with van der Waals surface area (Å²) < 4.78 is 0. The maximum atomic E-state index is 11.8. The SMILES string of the molecule is O=C(Nc1ccn[nH]1)c1cc(Cl)cc([N+](=O)[O-])c1. The van der Waals surface area contributed by atoms with Crippen molar-refractivity contribution in [1.29, 1.82) is 0 Å². The molecule has 2 rings (SSSR count). The van der Waals surface area contributed by atoms with Gasteiger partial charge in [-0.2, -0.15) is 5.10 Å². The summed E-state index contributed by atoms with van der Waals surface area (Å²) in [6.07, 6.45) is 1.47. The molecule has 7 nitrogen and oxygen atoms in total. The molecule has 0 aliphatic heterocycles. The smallest absolute Gasteiger partial charge is 0.271 e. The summed E-state index contributed by atoms with van der Waals surface area (Å²) in [6.45, 7) is 0. The number of carbonyl (C=O) groups excluding carboxylic acids is 1. The third-order valence-corrected chi connectivity index (χ3v) is 2.32. The molecule has 0 aliphatic carbocycles. The summed E-state index contributed by atoms with van der Waals surface area (Å²) in [5, 5.41) is 19.5. The fraction of sp³-hybridized carbons (Fsp3) is 0. The average molecular weight is 267 g/mol. The van der Waals surface area contributed by atoms with Crippen LogP contribution in [-0.2, 0) is 0 Å². The van der Waals surface area contributed by atoms with Crippen molar-refractivity contribution in [3.8, 4) is 0 Å². The fourth-order valence-corrected chi connectivity index (χ4v) is 1.56. The predicted molar refractivity (Wildman–Crippen MR) is 64.6 cm³/mol. The van der Waals surface area contributed by atoms with E-state index in [2.05, 4.69) is 15.5 Å². The van der Waals surface area contributed by atoms with Crippen molar-refractivity contribution in [2.75, 3.05) is 5.32 Å². The van der Waals surface area contributed by atoms with Crippen molar-refractivity contribution in [2.24, 2.45) is 0 Å². The maximum absolute atomic E-state index is 11.8. The largest absolute Gasteiger partial charge is 0.307 e. The van der Waals surface area contributed by atoms with Gasteiger partial charge in [-0.1, -0.05) is 11.6 Å². The van der Waals surface area contributed by atoms with E-state index >= 15 is 0 Å². The number of hydrogen-bond donors (Lipinski definition) is 2. The molecule has 0 atom stereocenters. The number of anilines is 1. The quantitative estimate of drug-likeness (QED) is 0.657. The van der Waals surface area contributed by atoms with E-state index in [1.807, 2.05) is 0 Å².